The summed E-state index contributed by atoms with van der Waals surface area (Å²) < 4.78 is 8.65. The van der Waals surface area contributed by atoms with Crippen LogP contribution in [0.25, 0.3) is 0 Å². The molecular weight excluding hydrogens is 220 g/mol. The Morgan fingerprint density at radius 2 is 1.79 bits per heavy atom. The van der Waals surface area contributed by atoms with E-state index in [4.69, 9.17) is 17.0 Å². The minimum Gasteiger partial charge on any atom is -0.479 e. The minimum absolute atomic E-state index is 1.48. The lowest BCUT2D eigenvalue weighted by Gasteiger charge is -2.36. The molecule has 0 bridgehead atoms. The SMILES string of the molecule is O=C(O)[C@H]1OC(OCl)[C@@H](O)[C@@H](O)[C@H]1O. The highest BCUT2D eigenvalue weighted by atomic mass is 35.5. The molecular formula is C6H9ClO7. The van der Waals surface area contributed by atoms with Gasteiger partial charge in [0.2, 0.25) is 6.29 Å². The Bertz CT molecular complexity index is 220. The first-order chi connectivity index (χ1) is 6.49. The second-order valence-electron chi connectivity index (χ2n) is 2.82. The van der Waals surface area contributed by atoms with E-state index in [0.29, 0.717) is 0 Å². The summed E-state index contributed by atoms with van der Waals surface area (Å²) in [5.74, 6) is -1.48. The molecule has 1 aliphatic heterocycles. The van der Waals surface area contributed by atoms with E-state index < -0.39 is 36.7 Å². The van der Waals surface area contributed by atoms with Gasteiger partial charge in [0.25, 0.3) is 0 Å². The van der Waals surface area contributed by atoms with Crippen LogP contribution in [0.2, 0.25) is 0 Å². The van der Waals surface area contributed by atoms with Gasteiger partial charge in [0.1, 0.15) is 18.3 Å². The van der Waals surface area contributed by atoms with E-state index >= 15 is 0 Å². The lowest BCUT2D eigenvalue weighted by atomic mass is 9.99. The summed E-state index contributed by atoms with van der Waals surface area (Å²) >= 11 is 4.89. The van der Waals surface area contributed by atoms with Gasteiger partial charge in [0.05, 0.1) is 11.9 Å². The molecule has 4 N–H and O–H groups in total. The molecule has 5 atom stereocenters. The van der Waals surface area contributed by atoms with Gasteiger partial charge in [-0.2, -0.15) is 0 Å². The Balaban J connectivity index is 2.78. The molecule has 0 saturated carbocycles. The number of rotatable bonds is 2. The first kappa shape index (κ1) is 11.6. The van der Waals surface area contributed by atoms with Gasteiger partial charge in [-0.05, 0) is 0 Å². The van der Waals surface area contributed by atoms with Crippen molar-refractivity contribution in [2.45, 2.75) is 30.7 Å². The second-order valence-corrected chi connectivity index (χ2v) is 3.00. The van der Waals surface area contributed by atoms with Crippen LogP contribution in [0.5, 0.6) is 0 Å². The molecule has 0 spiro atoms. The lowest BCUT2D eigenvalue weighted by molar-refractivity contribution is -0.270. The zero-order valence-corrected chi connectivity index (χ0v) is 7.53. The van der Waals surface area contributed by atoms with E-state index in [2.05, 4.69) is 9.03 Å². The summed E-state index contributed by atoms with van der Waals surface area (Å²) in [6.45, 7) is 0. The second kappa shape index (κ2) is 4.39. The Morgan fingerprint density at radius 3 is 2.21 bits per heavy atom. The molecule has 1 heterocycles. The topological polar surface area (TPSA) is 116 Å². The van der Waals surface area contributed by atoms with E-state index in [1.54, 1.807) is 0 Å². The van der Waals surface area contributed by atoms with Crippen LogP contribution in [0.15, 0.2) is 0 Å². The normalized spacial score (nSPS) is 43.6. The molecule has 0 amide bonds. The molecule has 82 valence electrons. The number of aliphatic hydroxyl groups excluding tert-OH is 3. The van der Waals surface area contributed by atoms with Gasteiger partial charge in [-0.25, -0.2) is 9.08 Å². The van der Waals surface area contributed by atoms with E-state index in [9.17, 15) is 20.1 Å². The molecule has 0 aromatic rings. The fourth-order valence-electron chi connectivity index (χ4n) is 1.13. The van der Waals surface area contributed by atoms with Gasteiger partial charge < -0.3 is 25.2 Å². The van der Waals surface area contributed by atoms with E-state index in [1.165, 1.54) is 0 Å². The van der Waals surface area contributed by atoms with Crippen LogP contribution >= 0.6 is 11.9 Å². The molecule has 0 radical (unpaired) electrons. The predicted molar refractivity (Wildman–Crippen MR) is 41.3 cm³/mol. The summed E-state index contributed by atoms with van der Waals surface area (Å²) in [7, 11) is 0. The number of hydrogen-bond donors (Lipinski definition) is 4. The highest BCUT2D eigenvalue weighted by Crippen LogP contribution is 2.22. The third-order valence-corrected chi connectivity index (χ3v) is 2.08. The Kier molecular flexibility index (Phi) is 3.65. The molecule has 0 aliphatic carbocycles. The zero-order valence-electron chi connectivity index (χ0n) is 6.78. The lowest BCUT2D eigenvalue weighted by Crippen LogP contribution is -2.59. The monoisotopic (exact) mass is 228 g/mol. The molecule has 0 aromatic carbocycles. The molecule has 1 rings (SSSR count). The van der Waals surface area contributed by atoms with Crippen LogP contribution in [-0.4, -0.2) is 57.1 Å². The highest BCUT2D eigenvalue weighted by molar-refractivity contribution is 6.07. The maximum absolute atomic E-state index is 10.5. The number of hydrogen-bond acceptors (Lipinski definition) is 6. The number of aliphatic carboxylic acids is 1. The summed E-state index contributed by atoms with van der Waals surface area (Å²) in [6, 6.07) is 0. The Hall–Kier alpha value is -0.440. The van der Waals surface area contributed by atoms with Crippen molar-refractivity contribution < 1.29 is 34.2 Å². The van der Waals surface area contributed by atoms with E-state index in [1.807, 2.05) is 0 Å². The highest BCUT2D eigenvalue weighted by Gasteiger charge is 2.47. The average molecular weight is 229 g/mol. The molecule has 0 aromatic heterocycles. The fraction of sp³-hybridized carbons (Fsp3) is 0.833. The summed E-state index contributed by atoms with van der Waals surface area (Å²) in [5, 5.41) is 36.1. The van der Waals surface area contributed by atoms with Crippen molar-refractivity contribution in [2.75, 3.05) is 0 Å². The van der Waals surface area contributed by atoms with Crippen LogP contribution in [0.1, 0.15) is 0 Å². The first-order valence-electron chi connectivity index (χ1n) is 3.69. The predicted octanol–water partition coefficient (Wildman–Crippen LogP) is -1.95. The third kappa shape index (κ3) is 1.97. The van der Waals surface area contributed by atoms with Gasteiger partial charge in [0, 0.05) is 0 Å². The van der Waals surface area contributed by atoms with Crippen molar-refractivity contribution >= 4 is 17.8 Å². The van der Waals surface area contributed by atoms with Crippen molar-refractivity contribution in [2.24, 2.45) is 0 Å². The van der Waals surface area contributed by atoms with Gasteiger partial charge in [-0.15, -0.1) is 0 Å². The molecule has 14 heavy (non-hydrogen) atoms. The van der Waals surface area contributed by atoms with Gasteiger partial charge in [-0.1, -0.05) is 0 Å². The maximum atomic E-state index is 10.5. The van der Waals surface area contributed by atoms with Crippen molar-refractivity contribution in [1.82, 2.24) is 0 Å². The van der Waals surface area contributed by atoms with Crippen LogP contribution < -0.4 is 0 Å². The minimum atomic E-state index is -1.73. The molecule has 1 unspecified atom stereocenters. The standard InChI is InChI=1S/C6H9ClO7/c7-14-6-3(10)1(8)2(9)4(13-6)5(11)12/h1-4,6,8-10H,(H,11,12)/t1-,2+,3-,4-,6?/m0/s1. The quantitative estimate of drug-likeness (QED) is 0.434. The van der Waals surface area contributed by atoms with Crippen LogP contribution in [0, 0.1) is 0 Å². The summed E-state index contributed by atoms with van der Waals surface area (Å²) in [5.41, 5.74) is 0. The number of carboxylic acids is 1. The number of carboxylic acid groups (broad SMARTS) is 1. The van der Waals surface area contributed by atoms with Crippen molar-refractivity contribution in [3.8, 4) is 0 Å². The Labute approximate surface area is 83.6 Å². The van der Waals surface area contributed by atoms with Crippen LogP contribution in [0.4, 0.5) is 0 Å². The molecule has 1 fully saturated rings. The summed E-state index contributed by atoms with van der Waals surface area (Å²) in [4.78, 5) is 10.5. The molecule has 8 heteroatoms. The van der Waals surface area contributed by atoms with Crippen molar-refractivity contribution in [3.63, 3.8) is 0 Å². The van der Waals surface area contributed by atoms with Gasteiger partial charge in [-0.3, -0.25) is 0 Å². The maximum Gasteiger partial charge on any atom is 0.335 e. The van der Waals surface area contributed by atoms with E-state index in [-0.39, 0.29) is 0 Å². The average Bonchev–Trinajstić information content (AvgIpc) is 2.14. The molecule has 7 nitrogen and oxygen atoms in total. The first-order valence-corrected chi connectivity index (χ1v) is 3.99. The molecule has 1 saturated heterocycles. The Morgan fingerprint density at radius 1 is 1.21 bits per heavy atom. The van der Waals surface area contributed by atoms with Crippen LogP contribution in [-0.2, 0) is 13.8 Å². The summed E-state index contributed by atoms with van der Waals surface area (Å²) in [6.07, 6.45) is -8.19. The van der Waals surface area contributed by atoms with E-state index in [0.717, 1.165) is 0 Å². The number of aliphatic hydroxyl groups is 3. The smallest absolute Gasteiger partial charge is 0.335 e. The number of carbonyl (C=O) groups is 1. The van der Waals surface area contributed by atoms with Gasteiger partial charge >= 0.3 is 5.97 Å². The third-order valence-electron chi connectivity index (χ3n) is 1.90. The number of halogens is 1. The fourth-order valence-corrected chi connectivity index (χ4v) is 1.27. The van der Waals surface area contributed by atoms with Crippen molar-refractivity contribution in [1.29, 1.82) is 0 Å². The number of ether oxygens (including phenoxy) is 1. The van der Waals surface area contributed by atoms with Gasteiger partial charge in [0.15, 0.2) is 6.10 Å². The van der Waals surface area contributed by atoms with Crippen molar-refractivity contribution in [3.05, 3.63) is 0 Å². The van der Waals surface area contributed by atoms with Crippen LogP contribution in [0.3, 0.4) is 0 Å². The zero-order chi connectivity index (χ0) is 10.9. The largest absolute Gasteiger partial charge is 0.479 e. The molecule has 1 aliphatic rings.